The van der Waals surface area contributed by atoms with Gasteiger partial charge in [-0.1, -0.05) is 23.4 Å². The zero-order valence-electron chi connectivity index (χ0n) is 8.05. The van der Waals surface area contributed by atoms with Crippen LogP contribution in [0.4, 0.5) is 5.69 Å². The quantitative estimate of drug-likeness (QED) is 0.559. The molecule has 0 saturated carbocycles. The van der Waals surface area contributed by atoms with Crippen LogP contribution in [0.2, 0.25) is 5.02 Å². The number of hydrogen-bond donors (Lipinski definition) is 0. The maximum absolute atomic E-state index is 5.99. The van der Waals surface area contributed by atoms with E-state index >= 15 is 0 Å². The molecule has 0 aliphatic carbocycles. The van der Waals surface area contributed by atoms with Crippen LogP contribution in [0.1, 0.15) is 13.8 Å². The van der Waals surface area contributed by atoms with Gasteiger partial charge in [0.05, 0.1) is 5.69 Å². The van der Waals surface area contributed by atoms with Gasteiger partial charge in [-0.05, 0) is 48.0 Å². The summed E-state index contributed by atoms with van der Waals surface area (Å²) in [4.78, 5) is 3.59. The second-order valence-corrected chi connectivity index (χ2v) is 7.27. The Morgan fingerprint density at radius 1 is 1.57 bits per heavy atom. The summed E-state index contributed by atoms with van der Waals surface area (Å²) in [6.45, 7) is 5.28. The first-order valence-corrected chi connectivity index (χ1v) is 6.48. The number of halogens is 2. The molecule has 4 heteroatoms. The highest BCUT2D eigenvalue weighted by molar-refractivity contribution is 9.12. The van der Waals surface area contributed by atoms with E-state index in [-0.39, 0.29) is 3.78 Å². The number of fused-ring (bicyclic) bond motifs is 1. The molecule has 1 nitrogen and oxygen atoms in total. The summed E-state index contributed by atoms with van der Waals surface area (Å²) in [6, 6.07) is 6.05. The third kappa shape index (κ3) is 1.66. The third-order valence-electron chi connectivity index (χ3n) is 2.31. The molecule has 0 fully saturated rings. The lowest BCUT2D eigenvalue weighted by atomic mass is 10.3. The first-order valence-electron chi connectivity index (χ1n) is 4.49. The lowest BCUT2D eigenvalue weighted by Gasteiger charge is -2.29. The average molecular weight is 293 g/mol. The van der Waals surface area contributed by atoms with Crippen molar-refractivity contribution in [2.45, 2.75) is 22.5 Å². The molecule has 0 spiro atoms. The van der Waals surface area contributed by atoms with Crippen molar-refractivity contribution in [2.75, 3.05) is 11.4 Å². The first kappa shape index (κ1) is 10.7. The second-order valence-electron chi connectivity index (χ2n) is 3.33. The van der Waals surface area contributed by atoms with Gasteiger partial charge in [0, 0.05) is 16.5 Å². The van der Waals surface area contributed by atoms with E-state index in [0.717, 1.165) is 11.6 Å². The molecule has 1 aromatic rings. The Bertz CT molecular complexity index is 367. The maximum atomic E-state index is 5.99. The summed E-state index contributed by atoms with van der Waals surface area (Å²) in [5, 5.41) is 0.799. The van der Waals surface area contributed by atoms with E-state index in [1.54, 1.807) is 0 Å². The van der Waals surface area contributed by atoms with Gasteiger partial charge in [0.1, 0.15) is 3.78 Å². The molecule has 1 unspecified atom stereocenters. The van der Waals surface area contributed by atoms with Crippen molar-refractivity contribution in [1.29, 1.82) is 0 Å². The fourth-order valence-electron chi connectivity index (χ4n) is 1.71. The summed E-state index contributed by atoms with van der Waals surface area (Å²) in [5.74, 6) is 0. The van der Waals surface area contributed by atoms with Crippen molar-refractivity contribution in [2.24, 2.45) is 0 Å². The van der Waals surface area contributed by atoms with Crippen molar-refractivity contribution in [1.82, 2.24) is 0 Å². The fourth-order valence-corrected chi connectivity index (χ4v) is 3.99. The van der Waals surface area contributed by atoms with Crippen LogP contribution in [0.15, 0.2) is 23.1 Å². The molecule has 1 aliphatic heterocycles. The molecule has 0 N–H and O–H groups in total. The molecule has 0 saturated heterocycles. The largest absolute Gasteiger partial charge is 0.347 e. The van der Waals surface area contributed by atoms with E-state index in [1.807, 2.05) is 23.9 Å². The predicted octanol–water partition coefficient (Wildman–Crippen LogP) is 4.34. The van der Waals surface area contributed by atoms with Crippen LogP contribution >= 0.6 is 39.3 Å². The molecule has 1 heterocycles. The minimum absolute atomic E-state index is 0.0330. The topological polar surface area (TPSA) is 3.24 Å². The van der Waals surface area contributed by atoms with Crippen molar-refractivity contribution in [3.8, 4) is 0 Å². The van der Waals surface area contributed by atoms with Crippen LogP contribution in [-0.4, -0.2) is 10.3 Å². The number of anilines is 1. The van der Waals surface area contributed by atoms with E-state index in [0.29, 0.717) is 0 Å². The van der Waals surface area contributed by atoms with Crippen molar-refractivity contribution >= 4 is 45.0 Å². The van der Waals surface area contributed by atoms with E-state index in [2.05, 4.69) is 40.7 Å². The SMILES string of the molecule is CCN1c2cc(Cl)ccc2SC1(C)Br. The maximum Gasteiger partial charge on any atom is 0.144 e. The molecule has 76 valence electrons. The van der Waals surface area contributed by atoms with Crippen LogP contribution in [0.25, 0.3) is 0 Å². The number of benzene rings is 1. The zero-order chi connectivity index (χ0) is 10.3. The van der Waals surface area contributed by atoms with Gasteiger partial charge in [0.25, 0.3) is 0 Å². The summed E-state index contributed by atoms with van der Waals surface area (Å²) < 4.78 is -0.0330. The van der Waals surface area contributed by atoms with Gasteiger partial charge in [-0.3, -0.25) is 0 Å². The van der Waals surface area contributed by atoms with E-state index in [4.69, 9.17) is 11.6 Å². The van der Waals surface area contributed by atoms with Gasteiger partial charge in [-0.2, -0.15) is 0 Å². The Morgan fingerprint density at radius 3 is 2.93 bits per heavy atom. The smallest absolute Gasteiger partial charge is 0.144 e. The van der Waals surface area contributed by atoms with Crippen molar-refractivity contribution in [3.05, 3.63) is 23.2 Å². The van der Waals surface area contributed by atoms with Gasteiger partial charge in [-0.25, -0.2) is 0 Å². The van der Waals surface area contributed by atoms with Crippen LogP contribution in [-0.2, 0) is 0 Å². The zero-order valence-corrected chi connectivity index (χ0v) is 11.2. The van der Waals surface area contributed by atoms with Gasteiger partial charge < -0.3 is 4.90 Å². The highest BCUT2D eigenvalue weighted by Crippen LogP contribution is 2.53. The number of hydrogen-bond acceptors (Lipinski definition) is 2. The van der Waals surface area contributed by atoms with E-state index < -0.39 is 0 Å². The Labute approximate surface area is 102 Å². The van der Waals surface area contributed by atoms with Crippen LogP contribution in [0, 0.1) is 0 Å². The second kappa shape index (κ2) is 3.62. The Balaban J connectivity index is 2.49. The number of thioether (sulfide) groups is 1. The standard InChI is InChI=1S/C10H11BrClNS/c1-3-13-8-6-7(12)4-5-9(8)14-10(13,2)11/h4-6H,3H2,1-2H3. The van der Waals surface area contributed by atoms with Gasteiger partial charge in [-0.15, -0.1) is 0 Å². The number of rotatable bonds is 1. The molecular weight excluding hydrogens is 282 g/mol. The predicted molar refractivity (Wildman–Crippen MR) is 67.7 cm³/mol. The highest BCUT2D eigenvalue weighted by atomic mass is 79.9. The molecule has 1 aliphatic rings. The molecule has 0 bridgehead atoms. The Kier molecular flexibility index (Phi) is 2.75. The summed E-state index contributed by atoms with van der Waals surface area (Å²) in [7, 11) is 0. The van der Waals surface area contributed by atoms with Crippen LogP contribution in [0.5, 0.6) is 0 Å². The summed E-state index contributed by atoms with van der Waals surface area (Å²) in [5.41, 5.74) is 1.23. The third-order valence-corrected chi connectivity index (χ3v) is 4.61. The molecule has 14 heavy (non-hydrogen) atoms. The molecule has 0 amide bonds. The Morgan fingerprint density at radius 2 is 2.29 bits per heavy atom. The van der Waals surface area contributed by atoms with Gasteiger partial charge in [0.2, 0.25) is 0 Å². The molecular formula is C10H11BrClNS. The molecule has 1 aromatic carbocycles. The normalized spacial score (nSPS) is 25.3. The minimum Gasteiger partial charge on any atom is -0.347 e. The lowest BCUT2D eigenvalue weighted by Crippen LogP contribution is -2.34. The lowest BCUT2D eigenvalue weighted by molar-refractivity contribution is 0.802. The molecule has 1 atom stereocenters. The molecule has 0 aromatic heterocycles. The average Bonchev–Trinajstić information content (AvgIpc) is 2.34. The molecule has 0 radical (unpaired) electrons. The fraction of sp³-hybridized carbons (Fsp3) is 0.400. The van der Waals surface area contributed by atoms with E-state index in [9.17, 15) is 0 Å². The van der Waals surface area contributed by atoms with Crippen LogP contribution < -0.4 is 4.90 Å². The highest BCUT2D eigenvalue weighted by Gasteiger charge is 2.37. The minimum atomic E-state index is -0.0330. The number of alkyl halides is 1. The van der Waals surface area contributed by atoms with E-state index in [1.165, 1.54) is 10.6 Å². The van der Waals surface area contributed by atoms with Crippen LogP contribution in [0.3, 0.4) is 0 Å². The monoisotopic (exact) mass is 291 g/mol. The summed E-state index contributed by atoms with van der Waals surface area (Å²) >= 11 is 11.5. The van der Waals surface area contributed by atoms with Crippen molar-refractivity contribution in [3.63, 3.8) is 0 Å². The van der Waals surface area contributed by atoms with Crippen molar-refractivity contribution < 1.29 is 0 Å². The van der Waals surface area contributed by atoms with Gasteiger partial charge >= 0.3 is 0 Å². The first-order chi connectivity index (χ1) is 6.54. The summed E-state index contributed by atoms with van der Waals surface area (Å²) in [6.07, 6.45) is 0. The van der Waals surface area contributed by atoms with Gasteiger partial charge in [0.15, 0.2) is 0 Å². The Hall–Kier alpha value is 0.140. The molecule has 2 rings (SSSR count). The number of nitrogens with zero attached hydrogens (tertiary/aromatic N) is 1.